The van der Waals surface area contributed by atoms with Crippen LogP contribution in [0.25, 0.3) is 0 Å². The summed E-state index contributed by atoms with van der Waals surface area (Å²) in [5, 5.41) is 3.12. The summed E-state index contributed by atoms with van der Waals surface area (Å²) in [5.74, 6) is 0.507. The van der Waals surface area contributed by atoms with Crippen molar-refractivity contribution >= 4 is 18.3 Å². The minimum Gasteiger partial charge on any atom is -0.349 e. The molecule has 0 aliphatic carbocycles. The summed E-state index contributed by atoms with van der Waals surface area (Å²) in [6, 6.07) is 10.3. The van der Waals surface area contributed by atoms with Crippen LogP contribution in [0.5, 0.6) is 0 Å². The Morgan fingerprint density at radius 2 is 1.79 bits per heavy atom. The Morgan fingerprint density at radius 3 is 2.26 bits per heavy atom. The number of amides is 1. The zero-order valence-electron chi connectivity index (χ0n) is 11.8. The summed E-state index contributed by atoms with van der Waals surface area (Å²) in [6.45, 7) is 4.73. The second-order valence-corrected chi connectivity index (χ2v) is 4.57. The van der Waals surface area contributed by atoms with Crippen molar-refractivity contribution in [3.8, 4) is 0 Å². The molecule has 1 aromatic carbocycles. The summed E-state index contributed by atoms with van der Waals surface area (Å²) in [5.41, 5.74) is 6.60. The molecule has 1 unspecified atom stereocenters. The zero-order valence-corrected chi connectivity index (χ0v) is 12.6. The third kappa shape index (κ3) is 5.62. The van der Waals surface area contributed by atoms with Crippen LogP contribution in [-0.4, -0.2) is 12.5 Å². The lowest BCUT2D eigenvalue weighted by molar-refractivity contribution is -0.122. The van der Waals surface area contributed by atoms with Crippen molar-refractivity contribution < 1.29 is 4.79 Å². The molecule has 3 N–H and O–H groups in total. The first-order valence-electron chi connectivity index (χ1n) is 6.77. The third-order valence-corrected chi connectivity index (χ3v) is 3.37. The lowest BCUT2D eigenvalue weighted by atomic mass is 9.88. The molecule has 0 saturated heterocycles. The molecule has 0 aliphatic heterocycles. The highest BCUT2D eigenvalue weighted by atomic mass is 35.5. The van der Waals surface area contributed by atoms with Crippen molar-refractivity contribution in [1.29, 1.82) is 0 Å². The molecule has 3 nitrogen and oxygen atoms in total. The number of rotatable bonds is 7. The van der Waals surface area contributed by atoms with Gasteiger partial charge in [-0.05, 0) is 11.5 Å². The number of benzene rings is 1. The molecule has 1 aromatic rings. The maximum Gasteiger partial charge on any atom is 0.221 e. The van der Waals surface area contributed by atoms with Gasteiger partial charge in [0.2, 0.25) is 5.91 Å². The highest BCUT2D eigenvalue weighted by Gasteiger charge is 2.21. The number of nitrogens with two attached hydrogens (primary N) is 1. The Morgan fingerprint density at radius 1 is 1.21 bits per heavy atom. The molecule has 0 aromatic heterocycles. The van der Waals surface area contributed by atoms with E-state index < -0.39 is 0 Å². The van der Waals surface area contributed by atoms with Gasteiger partial charge in [0, 0.05) is 13.0 Å². The Labute approximate surface area is 122 Å². The molecule has 0 saturated carbocycles. The number of nitrogens with one attached hydrogen (secondary N) is 1. The maximum absolute atomic E-state index is 11.8. The van der Waals surface area contributed by atoms with Crippen LogP contribution >= 0.6 is 12.4 Å². The van der Waals surface area contributed by atoms with Crippen molar-refractivity contribution in [3.05, 3.63) is 35.9 Å². The van der Waals surface area contributed by atoms with Gasteiger partial charge < -0.3 is 11.1 Å². The minimum absolute atomic E-state index is 0. The van der Waals surface area contributed by atoms with Crippen molar-refractivity contribution in [3.63, 3.8) is 0 Å². The van der Waals surface area contributed by atoms with E-state index in [4.69, 9.17) is 5.73 Å². The predicted molar refractivity (Wildman–Crippen MR) is 82.3 cm³/mol. The van der Waals surface area contributed by atoms with Gasteiger partial charge in [-0.25, -0.2) is 0 Å². The van der Waals surface area contributed by atoms with E-state index in [0.29, 0.717) is 18.9 Å². The van der Waals surface area contributed by atoms with E-state index in [2.05, 4.69) is 31.3 Å². The Hall–Kier alpha value is -1.06. The first-order chi connectivity index (χ1) is 8.72. The standard InChI is InChI=1S/C15H24N2O.ClH/c1-3-12(4-2)15(17-14(18)10-11-16)13-8-6-5-7-9-13;/h5-9,12,15H,3-4,10-11,16H2,1-2H3,(H,17,18);1H. The number of hydrogen-bond acceptors (Lipinski definition) is 2. The van der Waals surface area contributed by atoms with Crippen molar-refractivity contribution in [2.24, 2.45) is 11.7 Å². The maximum atomic E-state index is 11.8. The van der Waals surface area contributed by atoms with Crippen LogP contribution in [0, 0.1) is 5.92 Å². The zero-order chi connectivity index (χ0) is 13.4. The van der Waals surface area contributed by atoms with Gasteiger partial charge in [0.05, 0.1) is 6.04 Å². The SMILES string of the molecule is CCC(CC)C(NC(=O)CCN)c1ccccc1.Cl. The van der Waals surface area contributed by atoms with Gasteiger partial charge in [-0.3, -0.25) is 4.79 Å². The average molecular weight is 285 g/mol. The Bertz CT molecular complexity index is 352. The fourth-order valence-electron chi connectivity index (χ4n) is 2.27. The molecular formula is C15H25ClN2O. The summed E-state index contributed by atoms with van der Waals surface area (Å²) in [4.78, 5) is 11.8. The molecule has 0 heterocycles. The van der Waals surface area contributed by atoms with E-state index in [0.717, 1.165) is 12.8 Å². The molecule has 1 amide bonds. The largest absolute Gasteiger partial charge is 0.349 e. The third-order valence-electron chi connectivity index (χ3n) is 3.37. The van der Waals surface area contributed by atoms with Crippen LogP contribution in [0.15, 0.2) is 30.3 Å². The average Bonchev–Trinajstić information content (AvgIpc) is 2.40. The fraction of sp³-hybridized carbons (Fsp3) is 0.533. The van der Waals surface area contributed by atoms with Gasteiger partial charge in [-0.15, -0.1) is 12.4 Å². The first-order valence-corrected chi connectivity index (χ1v) is 6.77. The Balaban J connectivity index is 0.00000324. The van der Waals surface area contributed by atoms with Gasteiger partial charge in [0.1, 0.15) is 0 Å². The smallest absolute Gasteiger partial charge is 0.221 e. The second kappa shape index (κ2) is 9.82. The number of hydrogen-bond donors (Lipinski definition) is 2. The number of carbonyl (C=O) groups is 1. The molecule has 1 atom stereocenters. The summed E-state index contributed by atoms with van der Waals surface area (Å²) >= 11 is 0. The molecule has 4 heteroatoms. The molecule has 0 spiro atoms. The summed E-state index contributed by atoms with van der Waals surface area (Å²) in [7, 11) is 0. The first kappa shape index (κ1) is 17.9. The number of halogens is 1. The van der Waals surface area contributed by atoms with Crippen molar-refractivity contribution in [2.75, 3.05) is 6.54 Å². The summed E-state index contributed by atoms with van der Waals surface area (Å²) < 4.78 is 0. The normalized spacial score (nSPS) is 11.8. The van der Waals surface area contributed by atoms with Crippen LogP contribution in [0.2, 0.25) is 0 Å². The predicted octanol–water partition coefficient (Wildman–Crippen LogP) is 3.05. The molecule has 0 radical (unpaired) electrons. The van der Waals surface area contributed by atoms with E-state index in [1.807, 2.05) is 18.2 Å². The van der Waals surface area contributed by atoms with Crippen LogP contribution < -0.4 is 11.1 Å². The Kier molecular flexibility index (Phi) is 9.27. The fourth-order valence-corrected chi connectivity index (χ4v) is 2.27. The van der Waals surface area contributed by atoms with E-state index in [1.165, 1.54) is 5.56 Å². The molecule has 0 aliphatic rings. The molecule has 19 heavy (non-hydrogen) atoms. The van der Waals surface area contributed by atoms with E-state index in [1.54, 1.807) is 0 Å². The van der Waals surface area contributed by atoms with Gasteiger partial charge in [-0.2, -0.15) is 0 Å². The molecule has 0 bridgehead atoms. The quantitative estimate of drug-likeness (QED) is 0.808. The van der Waals surface area contributed by atoms with Crippen LogP contribution in [0.3, 0.4) is 0 Å². The van der Waals surface area contributed by atoms with Gasteiger partial charge >= 0.3 is 0 Å². The second-order valence-electron chi connectivity index (χ2n) is 4.57. The van der Waals surface area contributed by atoms with Gasteiger partial charge in [0.15, 0.2) is 0 Å². The summed E-state index contributed by atoms with van der Waals surface area (Å²) in [6.07, 6.45) is 2.50. The highest BCUT2D eigenvalue weighted by molar-refractivity contribution is 5.85. The van der Waals surface area contributed by atoms with Gasteiger partial charge in [0.25, 0.3) is 0 Å². The topological polar surface area (TPSA) is 55.1 Å². The van der Waals surface area contributed by atoms with E-state index >= 15 is 0 Å². The molecule has 0 fully saturated rings. The lowest BCUT2D eigenvalue weighted by Crippen LogP contribution is -2.34. The highest BCUT2D eigenvalue weighted by Crippen LogP contribution is 2.27. The molecular weight excluding hydrogens is 260 g/mol. The van der Waals surface area contributed by atoms with Crippen LogP contribution in [0.4, 0.5) is 0 Å². The van der Waals surface area contributed by atoms with E-state index in [-0.39, 0.29) is 24.4 Å². The molecule has 108 valence electrons. The molecule has 1 rings (SSSR count). The van der Waals surface area contributed by atoms with Crippen molar-refractivity contribution in [2.45, 2.75) is 39.2 Å². The van der Waals surface area contributed by atoms with E-state index in [9.17, 15) is 4.79 Å². The number of carbonyl (C=O) groups excluding carboxylic acids is 1. The van der Waals surface area contributed by atoms with Crippen LogP contribution in [-0.2, 0) is 4.79 Å². The van der Waals surface area contributed by atoms with Crippen molar-refractivity contribution in [1.82, 2.24) is 5.32 Å². The van der Waals surface area contributed by atoms with Crippen LogP contribution in [0.1, 0.15) is 44.7 Å². The minimum atomic E-state index is 0. The lowest BCUT2D eigenvalue weighted by Gasteiger charge is -2.27. The monoisotopic (exact) mass is 284 g/mol. The van der Waals surface area contributed by atoms with Gasteiger partial charge in [-0.1, -0.05) is 57.0 Å².